The summed E-state index contributed by atoms with van der Waals surface area (Å²) in [5.74, 6) is 1.48. The highest BCUT2D eigenvalue weighted by Gasteiger charge is 1.96. The molecule has 16 heavy (non-hydrogen) atoms. The van der Waals surface area contributed by atoms with Crippen molar-refractivity contribution in [2.75, 3.05) is 6.61 Å². The van der Waals surface area contributed by atoms with Crippen molar-refractivity contribution in [1.82, 2.24) is 0 Å². The number of benzene rings is 1. The van der Waals surface area contributed by atoms with Gasteiger partial charge in [-0.2, -0.15) is 0 Å². The van der Waals surface area contributed by atoms with Crippen LogP contribution in [0.3, 0.4) is 0 Å². The highest BCUT2D eigenvalue weighted by Crippen LogP contribution is 2.17. The van der Waals surface area contributed by atoms with Crippen LogP contribution < -0.4 is 4.74 Å². The Labute approximate surface area is 98.6 Å². The van der Waals surface area contributed by atoms with Crippen LogP contribution in [0.4, 0.5) is 0 Å². The third kappa shape index (κ3) is 7.92. The van der Waals surface area contributed by atoms with E-state index in [0.29, 0.717) is 12.5 Å². The Morgan fingerprint density at radius 2 is 1.88 bits per heavy atom. The first-order chi connectivity index (χ1) is 7.60. The van der Waals surface area contributed by atoms with Gasteiger partial charge in [-0.05, 0) is 31.9 Å². The first kappa shape index (κ1) is 14.6. The van der Waals surface area contributed by atoms with E-state index in [1.165, 1.54) is 0 Å². The molecule has 0 amide bonds. The third-order valence-electron chi connectivity index (χ3n) is 1.73. The van der Waals surface area contributed by atoms with Crippen molar-refractivity contribution in [1.29, 1.82) is 0 Å². The van der Waals surface area contributed by atoms with Gasteiger partial charge >= 0.3 is 0 Å². The molecule has 0 aliphatic rings. The maximum Gasteiger partial charge on any atom is 0.122 e. The molecule has 90 valence electrons. The molecule has 2 nitrogen and oxygen atoms in total. The normalized spacial score (nSPS) is 10.1. The van der Waals surface area contributed by atoms with E-state index in [-0.39, 0.29) is 5.75 Å². The molecule has 0 aliphatic carbocycles. The molecule has 1 N–H and O–H groups in total. The van der Waals surface area contributed by atoms with Crippen LogP contribution in [0.1, 0.15) is 27.7 Å². The Balaban J connectivity index is 0.000000487. The second-order valence-corrected chi connectivity index (χ2v) is 3.87. The molecule has 0 aliphatic heterocycles. The maximum absolute atomic E-state index is 9.10. The summed E-state index contributed by atoms with van der Waals surface area (Å²) in [5.41, 5.74) is 0. The molecule has 2 heteroatoms. The molecule has 0 spiro atoms. The zero-order valence-corrected chi connectivity index (χ0v) is 10.6. The summed E-state index contributed by atoms with van der Waals surface area (Å²) in [6, 6.07) is 6.84. The summed E-state index contributed by atoms with van der Waals surface area (Å²) < 4.78 is 5.39. The fourth-order valence-corrected chi connectivity index (χ4v) is 0.836. The Kier molecular flexibility index (Phi) is 8.04. The molecule has 0 aromatic heterocycles. The summed E-state index contributed by atoms with van der Waals surface area (Å²) >= 11 is 0. The highest BCUT2D eigenvalue weighted by molar-refractivity contribution is 5.31. The topological polar surface area (TPSA) is 29.5 Å². The summed E-state index contributed by atoms with van der Waals surface area (Å²) in [6.07, 6.45) is 4.00. The number of phenols is 1. The molecule has 0 saturated heterocycles. The zero-order valence-electron chi connectivity index (χ0n) is 10.6. The number of rotatable bonds is 3. The van der Waals surface area contributed by atoms with Gasteiger partial charge in [-0.15, -0.1) is 0 Å². The predicted octanol–water partition coefficient (Wildman–Crippen LogP) is 4.01. The minimum absolute atomic E-state index is 0.247. The fourth-order valence-electron chi connectivity index (χ4n) is 0.836. The van der Waals surface area contributed by atoms with Crippen molar-refractivity contribution < 1.29 is 9.84 Å². The number of allylic oxidation sites excluding steroid dienone is 2. The monoisotopic (exact) mass is 222 g/mol. The summed E-state index contributed by atoms with van der Waals surface area (Å²) in [5, 5.41) is 9.10. The zero-order chi connectivity index (χ0) is 12.4. The van der Waals surface area contributed by atoms with Gasteiger partial charge in [0.1, 0.15) is 11.5 Å². The van der Waals surface area contributed by atoms with Crippen molar-refractivity contribution in [2.24, 2.45) is 5.92 Å². The van der Waals surface area contributed by atoms with E-state index >= 15 is 0 Å². The molecule has 0 heterocycles. The first-order valence-electron chi connectivity index (χ1n) is 5.59. The van der Waals surface area contributed by atoms with E-state index in [1.54, 1.807) is 18.2 Å². The Hall–Kier alpha value is -1.44. The van der Waals surface area contributed by atoms with Gasteiger partial charge in [0.25, 0.3) is 0 Å². The standard InChI is InChI=1S/C10H14O2.C4H8/c1-8(2)7-12-10-5-3-4-9(11)6-10;1-3-4-2/h3-6,8,11H,7H2,1-2H3;3-4H,1-2H3/b;4-3-. The van der Waals surface area contributed by atoms with Gasteiger partial charge in [0.15, 0.2) is 0 Å². The maximum atomic E-state index is 9.10. The van der Waals surface area contributed by atoms with E-state index in [0.717, 1.165) is 5.75 Å². The van der Waals surface area contributed by atoms with Crippen molar-refractivity contribution in [2.45, 2.75) is 27.7 Å². The second-order valence-electron chi connectivity index (χ2n) is 3.87. The number of aromatic hydroxyl groups is 1. The Bertz CT molecular complexity index is 299. The Morgan fingerprint density at radius 3 is 2.31 bits per heavy atom. The molecule has 1 aromatic rings. The smallest absolute Gasteiger partial charge is 0.122 e. The summed E-state index contributed by atoms with van der Waals surface area (Å²) in [7, 11) is 0. The van der Waals surface area contributed by atoms with Crippen molar-refractivity contribution in [3.8, 4) is 11.5 Å². The lowest BCUT2D eigenvalue weighted by atomic mass is 10.2. The molecular formula is C14H22O2. The van der Waals surface area contributed by atoms with E-state index in [1.807, 2.05) is 32.1 Å². The van der Waals surface area contributed by atoms with Crippen LogP contribution in [0.2, 0.25) is 0 Å². The Morgan fingerprint density at radius 1 is 1.25 bits per heavy atom. The molecule has 0 atom stereocenters. The van der Waals surface area contributed by atoms with Gasteiger partial charge in [-0.25, -0.2) is 0 Å². The van der Waals surface area contributed by atoms with Crippen molar-refractivity contribution in [3.63, 3.8) is 0 Å². The third-order valence-corrected chi connectivity index (χ3v) is 1.73. The van der Waals surface area contributed by atoms with Gasteiger partial charge in [0.05, 0.1) is 6.61 Å². The average molecular weight is 222 g/mol. The fraction of sp³-hybridized carbons (Fsp3) is 0.429. The quantitative estimate of drug-likeness (QED) is 0.783. The van der Waals surface area contributed by atoms with Crippen LogP contribution in [-0.4, -0.2) is 11.7 Å². The lowest BCUT2D eigenvalue weighted by molar-refractivity contribution is 0.270. The van der Waals surface area contributed by atoms with Gasteiger partial charge in [-0.3, -0.25) is 0 Å². The molecule has 0 bridgehead atoms. The lowest BCUT2D eigenvalue weighted by Crippen LogP contribution is -2.03. The minimum Gasteiger partial charge on any atom is -0.508 e. The number of ether oxygens (including phenoxy) is 1. The van der Waals surface area contributed by atoms with E-state index in [4.69, 9.17) is 9.84 Å². The molecule has 0 unspecified atom stereocenters. The molecule has 1 aromatic carbocycles. The van der Waals surface area contributed by atoms with Crippen molar-refractivity contribution >= 4 is 0 Å². The van der Waals surface area contributed by atoms with Gasteiger partial charge in [0, 0.05) is 6.07 Å². The highest BCUT2D eigenvalue weighted by atomic mass is 16.5. The number of hydrogen-bond acceptors (Lipinski definition) is 2. The van der Waals surface area contributed by atoms with Crippen molar-refractivity contribution in [3.05, 3.63) is 36.4 Å². The molecule has 0 fully saturated rings. The molecule has 0 saturated carbocycles. The number of hydrogen-bond donors (Lipinski definition) is 1. The van der Waals surface area contributed by atoms with Crippen LogP contribution in [0.5, 0.6) is 11.5 Å². The number of phenolic OH excluding ortho intramolecular Hbond substituents is 1. The van der Waals surface area contributed by atoms with Gasteiger partial charge in [0.2, 0.25) is 0 Å². The summed E-state index contributed by atoms with van der Waals surface area (Å²) in [4.78, 5) is 0. The van der Waals surface area contributed by atoms with E-state index in [9.17, 15) is 0 Å². The van der Waals surface area contributed by atoms with Crippen LogP contribution in [0.15, 0.2) is 36.4 Å². The molecule has 1 rings (SSSR count). The molecule has 0 radical (unpaired) electrons. The van der Waals surface area contributed by atoms with Crippen LogP contribution in [0, 0.1) is 5.92 Å². The largest absolute Gasteiger partial charge is 0.508 e. The van der Waals surface area contributed by atoms with Gasteiger partial charge in [-0.1, -0.05) is 32.1 Å². The lowest BCUT2D eigenvalue weighted by Gasteiger charge is -2.08. The SMILES string of the molecule is C/C=C\C.CC(C)COc1cccc(O)c1. The predicted molar refractivity (Wildman–Crippen MR) is 68.9 cm³/mol. The van der Waals surface area contributed by atoms with Crippen LogP contribution >= 0.6 is 0 Å². The summed E-state index contributed by atoms with van der Waals surface area (Å²) in [6.45, 7) is 8.86. The second kappa shape index (κ2) is 8.84. The van der Waals surface area contributed by atoms with E-state index in [2.05, 4.69) is 13.8 Å². The van der Waals surface area contributed by atoms with Crippen LogP contribution in [0.25, 0.3) is 0 Å². The van der Waals surface area contributed by atoms with Crippen LogP contribution in [-0.2, 0) is 0 Å². The van der Waals surface area contributed by atoms with Gasteiger partial charge < -0.3 is 9.84 Å². The first-order valence-corrected chi connectivity index (χ1v) is 5.59. The molecular weight excluding hydrogens is 200 g/mol. The minimum atomic E-state index is 0.247. The average Bonchev–Trinajstić information content (AvgIpc) is 2.27. The van der Waals surface area contributed by atoms with E-state index < -0.39 is 0 Å².